The third-order valence-corrected chi connectivity index (χ3v) is 0.463. The van der Waals surface area contributed by atoms with Crippen LogP contribution < -0.4 is 24.8 Å². The van der Waals surface area contributed by atoms with Crippen LogP contribution in [0.1, 0.15) is 0 Å². The van der Waals surface area contributed by atoms with Gasteiger partial charge in [0.05, 0.1) is 0 Å². The fraction of sp³-hybridized carbons (Fsp3) is 1.00. The predicted octanol–water partition coefficient (Wildman–Crippen LogP) is -4.60. The van der Waals surface area contributed by atoms with Crippen molar-refractivity contribution in [2.45, 2.75) is 0 Å². The quantitative estimate of drug-likeness (QED) is 0.354. The third-order valence-electron chi connectivity index (χ3n) is 0.154. The van der Waals surface area contributed by atoms with Gasteiger partial charge in [0.1, 0.15) is 12.1 Å². The maximum atomic E-state index is 4.99. The van der Waals surface area contributed by atoms with Gasteiger partial charge in [0.2, 0.25) is 0 Å². The molecular formula is C2H4Cl4OZn. The molecule has 0 radical (unpaired) electrons. The second kappa shape index (κ2) is 23.3. The van der Waals surface area contributed by atoms with Crippen LogP contribution in [0, 0.1) is 0 Å². The first kappa shape index (κ1) is 22.6. The fourth-order valence-electron chi connectivity index (χ4n) is 0.0292. The molecule has 0 aromatic carbocycles. The van der Waals surface area contributed by atoms with Gasteiger partial charge in [-0.05, 0) is 0 Å². The Morgan fingerprint density at radius 2 is 1.25 bits per heavy atom. The summed E-state index contributed by atoms with van der Waals surface area (Å²) in [6.07, 6.45) is 0. The zero-order valence-corrected chi connectivity index (χ0v) is 10.0. The summed E-state index contributed by atoms with van der Waals surface area (Å²) >= 11 is 9.99. The molecule has 0 spiro atoms. The van der Waals surface area contributed by atoms with Crippen LogP contribution in [-0.2, 0) is 24.2 Å². The monoisotopic (exact) mass is 248 g/mol. The molecule has 0 amide bonds. The molecule has 0 saturated heterocycles. The SMILES string of the molecule is ClCOCCl.[Cl-].[Cl-].[Zn+2]. The van der Waals surface area contributed by atoms with Crippen LogP contribution in [0.15, 0.2) is 0 Å². The van der Waals surface area contributed by atoms with Crippen LogP contribution in [0.3, 0.4) is 0 Å². The summed E-state index contributed by atoms with van der Waals surface area (Å²) in [7, 11) is 0. The van der Waals surface area contributed by atoms with Gasteiger partial charge in [0.25, 0.3) is 0 Å². The van der Waals surface area contributed by atoms with Crippen LogP contribution in [-0.4, -0.2) is 12.1 Å². The molecule has 0 saturated carbocycles. The topological polar surface area (TPSA) is 9.23 Å². The summed E-state index contributed by atoms with van der Waals surface area (Å²) in [5.41, 5.74) is 0. The molecule has 0 fully saturated rings. The molecule has 8 heavy (non-hydrogen) atoms. The summed E-state index contributed by atoms with van der Waals surface area (Å²) in [5.74, 6) is 0. The second-order valence-corrected chi connectivity index (χ2v) is 0.859. The Bertz CT molecular complexity index is 21.5. The van der Waals surface area contributed by atoms with Gasteiger partial charge >= 0.3 is 19.5 Å². The van der Waals surface area contributed by atoms with Crippen LogP contribution in [0.2, 0.25) is 0 Å². The summed E-state index contributed by atoms with van der Waals surface area (Å²) in [6, 6.07) is 0.368. The summed E-state index contributed by atoms with van der Waals surface area (Å²) in [4.78, 5) is 0. The Hall–Kier alpha value is 1.74. The van der Waals surface area contributed by atoms with E-state index in [2.05, 4.69) is 4.74 Å². The minimum absolute atomic E-state index is 0. The van der Waals surface area contributed by atoms with E-state index in [9.17, 15) is 0 Å². The summed E-state index contributed by atoms with van der Waals surface area (Å²) in [6.45, 7) is 0. The van der Waals surface area contributed by atoms with Crippen LogP contribution in [0.4, 0.5) is 0 Å². The predicted molar refractivity (Wildman–Crippen MR) is 22.5 cm³/mol. The van der Waals surface area contributed by atoms with Gasteiger partial charge in [-0.2, -0.15) is 0 Å². The van der Waals surface area contributed by atoms with Crippen molar-refractivity contribution >= 4 is 23.2 Å². The first-order chi connectivity index (χ1) is 2.41. The number of rotatable bonds is 2. The average molecular weight is 251 g/mol. The van der Waals surface area contributed by atoms with Gasteiger partial charge in [-0.1, -0.05) is 23.2 Å². The Morgan fingerprint density at radius 3 is 1.25 bits per heavy atom. The number of ether oxygens (including phenoxy) is 1. The van der Waals surface area contributed by atoms with Crippen molar-refractivity contribution in [2.24, 2.45) is 0 Å². The van der Waals surface area contributed by atoms with E-state index in [0.717, 1.165) is 0 Å². The van der Waals surface area contributed by atoms with E-state index in [1.807, 2.05) is 0 Å². The van der Waals surface area contributed by atoms with E-state index < -0.39 is 0 Å². The van der Waals surface area contributed by atoms with Crippen molar-refractivity contribution in [2.75, 3.05) is 12.1 Å². The van der Waals surface area contributed by atoms with E-state index in [4.69, 9.17) is 23.2 Å². The van der Waals surface area contributed by atoms with Gasteiger partial charge in [-0.25, -0.2) is 0 Å². The molecule has 0 atom stereocenters. The molecule has 6 heteroatoms. The van der Waals surface area contributed by atoms with Crippen molar-refractivity contribution in [1.29, 1.82) is 0 Å². The van der Waals surface area contributed by atoms with Crippen molar-refractivity contribution in [3.05, 3.63) is 0 Å². The molecule has 0 aromatic rings. The largest absolute Gasteiger partial charge is 2.00 e. The van der Waals surface area contributed by atoms with Crippen molar-refractivity contribution < 1.29 is 49.0 Å². The maximum absolute atomic E-state index is 4.99. The fourth-order valence-corrected chi connectivity index (χ4v) is 0.262. The molecule has 1 nitrogen and oxygen atoms in total. The number of alkyl halides is 2. The molecule has 0 aromatic heterocycles. The molecule has 0 heterocycles. The van der Waals surface area contributed by atoms with Crippen LogP contribution in [0.5, 0.6) is 0 Å². The standard InChI is InChI=1S/C2H4Cl2O.2ClH.Zn/c3-1-5-2-4;;;/h1-2H2;2*1H;/q;;;+2/p-2. The minimum Gasteiger partial charge on any atom is -1.00 e. The maximum Gasteiger partial charge on any atom is 2.00 e. The number of halogens is 4. The Morgan fingerprint density at radius 1 is 1.00 bits per heavy atom. The molecule has 0 N–H and O–H groups in total. The first-order valence-electron chi connectivity index (χ1n) is 1.11. The Balaban J connectivity index is -0.0000000267. The zero-order chi connectivity index (χ0) is 4.12. The van der Waals surface area contributed by atoms with Crippen molar-refractivity contribution in [3.8, 4) is 0 Å². The average Bonchev–Trinajstić information content (AvgIpc) is 1.41. The zero-order valence-electron chi connectivity index (χ0n) is 4.04. The smallest absolute Gasteiger partial charge is 1.00 e. The van der Waals surface area contributed by atoms with E-state index in [0.29, 0.717) is 0 Å². The van der Waals surface area contributed by atoms with Gasteiger partial charge in [-0.15, -0.1) is 0 Å². The second-order valence-electron chi connectivity index (χ2n) is 0.422. The Labute approximate surface area is 84.0 Å². The summed E-state index contributed by atoms with van der Waals surface area (Å²) < 4.78 is 4.36. The number of hydrogen-bond donors (Lipinski definition) is 0. The molecule has 0 bridgehead atoms. The molecule has 0 unspecified atom stereocenters. The minimum atomic E-state index is 0. The van der Waals surface area contributed by atoms with E-state index in [1.165, 1.54) is 0 Å². The van der Waals surface area contributed by atoms with Crippen LogP contribution >= 0.6 is 23.2 Å². The molecule has 0 rings (SSSR count). The van der Waals surface area contributed by atoms with Crippen molar-refractivity contribution in [3.63, 3.8) is 0 Å². The normalized spacial score (nSPS) is 5.25. The molecular weight excluding hydrogens is 247 g/mol. The summed E-state index contributed by atoms with van der Waals surface area (Å²) in [5, 5.41) is 0. The third kappa shape index (κ3) is 25.1. The molecule has 48 valence electrons. The number of hydrogen-bond acceptors (Lipinski definition) is 1. The van der Waals surface area contributed by atoms with E-state index >= 15 is 0 Å². The van der Waals surface area contributed by atoms with Crippen molar-refractivity contribution in [1.82, 2.24) is 0 Å². The van der Waals surface area contributed by atoms with E-state index in [-0.39, 0.29) is 56.4 Å². The molecule has 0 aliphatic rings. The van der Waals surface area contributed by atoms with Gasteiger partial charge < -0.3 is 29.6 Å². The van der Waals surface area contributed by atoms with E-state index in [1.54, 1.807) is 0 Å². The Kier molecular flexibility index (Phi) is 65.8. The van der Waals surface area contributed by atoms with Gasteiger partial charge in [0.15, 0.2) is 0 Å². The first-order valence-corrected chi connectivity index (χ1v) is 2.18. The molecule has 0 aliphatic carbocycles. The molecule has 0 aliphatic heterocycles. The van der Waals surface area contributed by atoms with Gasteiger partial charge in [-0.3, -0.25) is 0 Å². The van der Waals surface area contributed by atoms with Crippen LogP contribution in [0.25, 0.3) is 0 Å². The van der Waals surface area contributed by atoms with Gasteiger partial charge in [0, 0.05) is 0 Å².